The van der Waals surface area contributed by atoms with Crippen molar-refractivity contribution in [1.82, 2.24) is 20.4 Å². The second-order valence-corrected chi connectivity index (χ2v) is 7.77. The summed E-state index contributed by atoms with van der Waals surface area (Å²) in [5.74, 6) is 2.42. The molecule has 1 saturated carbocycles. The summed E-state index contributed by atoms with van der Waals surface area (Å²) in [6, 6.07) is 0.169. The number of morpholine rings is 1. The molecule has 2 heterocycles. The molecule has 0 unspecified atom stereocenters. The summed E-state index contributed by atoms with van der Waals surface area (Å²) in [6.07, 6.45) is 3.41. The summed E-state index contributed by atoms with van der Waals surface area (Å²) >= 11 is 1.46. The van der Waals surface area contributed by atoms with Crippen molar-refractivity contribution >= 4 is 23.6 Å². The van der Waals surface area contributed by atoms with Crippen molar-refractivity contribution in [2.75, 3.05) is 32.1 Å². The number of rotatable bonds is 6. The maximum Gasteiger partial charge on any atom is 0.236 e. The van der Waals surface area contributed by atoms with Gasteiger partial charge in [0.2, 0.25) is 17.7 Å². The fourth-order valence-electron chi connectivity index (χ4n) is 3.43. The van der Waals surface area contributed by atoms with Crippen molar-refractivity contribution in [3.05, 3.63) is 11.7 Å². The van der Waals surface area contributed by atoms with Gasteiger partial charge in [-0.15, -0.1) is 11.8 Å². The van der Waals surface area contributed by atoms with Gasteiger partial charge < -0.3 is 19.5 Å². The van der Waals surface area contributed by atoms with Crippen LogP contribution in [-0.2, 0) is 20.1 Å². The molecule has 0 bridgehead atoms. The van der Waals surface area contributed by atoms with Gasteiger partial charge in [0, 0.05) is 25.0 Å². The molecule has 1 N–H and O–H groups in total. The first-order chi connectivity index (χ1) is 12.6. The van der Waals surface area contributed by atoms with Crippen LogP contribution in [0.1, 0.15) is 37.4 Å². The second kappa shape index (κ2) is 9.36. The van der Waals surface area contributed by atoms with E-state index in [0.29, 0.717) is 49.5 Å². The van der Waals surface area contributed by atoms with Crippen LogP contribution in [0.2, 0.25) is 0 Å². The molecule has 0 spiro atoms. The zero-order chi connectivity index (χ0) is 18.4. The Hall–Kier alpha value is -1.61. The molecule has 1 aliphatic carbocycles. The number of amides is 2. The van der Waals surface area contributed by atoms with Gasteiger partial charge in [-0.2, -0.15) is 4.98 Å². The number of hydrogen-bond acceptors (Lipinski definition) is 7. The van der Waals surface area contributed by atoms with Crippen molar-refractivity contribution < 1.29 is 18.8 Å². The van der Waals surface area contributed by atoms with Crippen LogP contribution in [0.4, 0.5) is 0 Å². The molecule has 8 nitrogen and oxygen atoms in total. The first-order valence-electron chi connectivity index (χ1n) is 9.14. The van der Waals surface area contributed by atoms with Gasteiger partial charge in [0.25, 0.3) is 0 Å². The van der Waals surface area contributed by atoms with Gasteiger partial charge in [0.1, 0.15) is 0 Å². The zero-order valence-electron chi connectivity index (χ0n) is 15.1. The van der Waals surface area contributed by atoms with Crippen molar-refractivity contribution in [2.45, 2.75) is 44.4 Å². The summed E-state index contributed by atoms with van der Waals surface area (Å²) in [7, 11) is 0. The Labute approximate surface area is 157 Å². The molecule has 1 aliphatic heterocycles. The molecule has 1 aromatic heterocycles. The molecular formula is C17H26N4O4S. The summed E-state index contributed by atoms with van der Waals surface area (Å²) in [5, 5.41) is 6.80. The van der Waals surface area contributed by atoms with E-state index in [1.54, 1.807) is 6.92 Å². The summed E-state index contributed by atoms with van der Waals surface area (Å²) in [4.78, 5) is 30.6. The van der Waals surface area contributed by atoms with Gasteiger partial charge in [0.15, 0.2) is 5.82 Å². The standard InChI is InChI=1S/C17H26N4O4S/c1-12-18-16(25-20-12)11-26-10-15(22)19-14-4-2-13(3-5-14)17(23)21-6-8-24-9-7-21/h13-14H,2-11H2,1H3,(H,19,22). The third-order valence-corrected chi connectivity index (χ3v) is 5.71. The monoisotopic (exact) mass is 382 g/mol. The highest BCUT2D eigenvalue weighted by Crippen LogP contribution is 2.26. The van der Waals surface area contributed by atoms with E-state index in [1.165, 1.54) is 11.8 Å². The lowest BCUT2D eigenvalue weighted by molar-refractivity contribution is -0.140. The van der Waals surface area contributed by atoms with E-state index in [9.17, 15) is 9.59 Å². The van der Waals surface area contributed by atoms with E-state index in [0.717, 1.165) is 25.7 Å². The number of thioether (sulfide) groups is 1. The van der Waals surface area contributed by atoms with Crippen LogP contribution >= 0.6 is 11.8 Å². The molecule has 3 rings (SSSR count). The minimum Gasteiger partial charge on any atom is -0.378 e. The fraction of sp³-hybridized carbons (Fsp3) is 0.765. The van der Waals surface area contributed by atoms with E-state index < -0.39 is 0 Å². The summed E-state index contributed by atoms with van der Waals surface area (Å²) in [5.41, 5.74) is 0. The lowest BCUT2D eigenvalue weighted by Gasteiger charge is -2.34. The van der Waals surface area contributed by atoms with E-state index in [-0.39, 0.29) is 23.8 Å². The first-order valence-corrected chi connectivity index (χ1v) is 10.3. The normalized spacial score (nSPS) is 23.7. The van der Waals surface area contributed by atoms with Gasteiger partial charge in [-0.3, -0.25) is 9.59 Å². The van der Waals surface area contributed by atoms with Crippen molar-refractivity contribution in [3.63, 3.8) is 0 Å². The van der Waals surface area contributed by atoms with Crippen LogP contribution in [0.25, 0.3) is 0 Å². The van der Waals surface area contributed by atoms with Crippen molar-refractivity contribution in [3.8, 4) is 0 Å². The topological polar surface area (TPSA) is 97.6 Å². The van der Waals surface area contributed by atoms with Gasteiger partial charge in [0.05, 0.1) is 24.7 Å². The van der Waals surface area contributed by atoms with Crippen LogP contribution in [0.15, 0.2) is 4.52 Å². The lowest BCUT2D eigenvalue weighted by atomic mass is 9.85. The highest BCUT2D eigenvalue weighted by atomic mass is 32.2. The van der Waals surface area contributed by atoms with Gasteiger partial charge in [-0.25, -0.2) is 0 Å². The number of hydrogen-bond donors (Lipinski definition) is 1. The molecule has 144 valence electrons. The number of carbonyl (C=O) groups excluding carboxylic acids is 2. The number of aryl methyl sites for hydroxylation is 1. The summed E-state index contributed by atoms with van der Waals surface area (Å²) in [6.45, 7) is 4.44. The van der Waals surface area contributed by atoms with Crippen molar-refractivity contribution in [2.24, 2.45) is 5.92 Å². The molecule has 1 aromatic rings. The SMILES string of the molecule is Cc1noc(CSCC(=O)NC2CCC(C(=O)N3CCOCC3)CC2)n1. The van der Waals surface area contributed by atoms with E-state index >= 15 is 0 Å². The molecule has 1 saturated heterocycles. The third-order valence-electron chi connectivity index (χ3n) is 4.79. The highest BCUT2D eigenvalue weighted by molar-refractivity contribution is 7.99. The van der Waals surface area contributed by atoms with E-state index in [2.05, 4.69) is 15.5 Å². The molecule has 2 aliphatic rings. The largest absolute Gasteiger partial charge is 0.378 e. The molecule has 26 heavy (non-hydrogen) atoms. The van der Waals surface area contributed by atoms with Crippen LogP contribution in [0.3, 0.4) is 0 Å². The highest BCUT2D eigenvalue weighted by Gasteiger charge is 2.30. The zero-order valence-corrected chi connectivity index (χ0v) is 15.9. The minimum absolute atomic E-state index is 0.0224. The smallest absolute Gasteiger partial charge is 0.236 e. The van der Waals surface area contributed by atoms with Crippen LogP contribution in [-0.4, -0.2) is 65.0 Å². The molecule has 2 amide bonds. The average molecular weight is 382 g/mol. The van der Waals surface area contributed by atoms with Gasteiger partial charge >= 0.3 is 0 Å². The quantitative estimate of drug-likeness (QED) is 0.788. The number of nitrogens with one attached hydrogen (secondary N) is 1. The Bertz CT molecular complexity index is 610. The maximum absolute atomic E-state index is 12.5. The van der Waals surface area contributed by atoms with Gasteiger partial charge in [-0.05, 0) is 32.6 Å². The summed E-state index contributed by atoms with van der Waals surface area (Å²) < 4.78 is 10.3. The number of aromatic nitrogens is 2. The number of ether oxygens (including phenoxy) is 1. The minimum atomic E-state index is 0.0224. The van der Waals surface area contributed by atoms with Crippen LogP contribution < -0.4 is 5.32 Å². The third kappa shape index (κ3) is 5.44. The Balaban J connectivity index is 1.32. The predicted molar refractivity (Wildman–Crippen MR) is 96.5 cm³/mol. The van der Waals surface area contributed by atoms with Crippen LogP contribution in [0.5, 0.6) is 0 Å². The second-order valence-electron chi connectivity index (χ2n) is 6.78. The lowest BCUT2D eigenvalue weighted by Crippen LogP contribution is -2.46. The van der Waals surface area contributed by atoms with E-state index in [4.69, 9.17) is 9.26 Å². The number of nitrogens with zero attached hydrogens (tertiary/aromatic N) is 3. The van der Waals surface area contributed by atoms with E-state index in [1.807, 2.05) is 4.90 Å². The Morgan fingerprint density at radius 2 is 1.96 bits per heavy atom. The fourth-order valence-corrected chi connectivity index (χ4v) is 4.09. The average Bonchev–Trinajstić information content (AvgIpc) is 3.07. The van der Waals surface area contributed by atoms with Crippen LogP contribution in [0, 0.1) is 12.8 Å². The molecule has 0 atom stereocenters. The molecule has 9 heteroatoms. The van der Waals surface area contributed by atoms with Gasteiger partial charge in [-0.1, -0.05) is 5.16 Å². The molecule has 0 aromatic carbocycles. The molecule has 2 fully saturated rings. The van der Waals surface area contributed by atoms with Crippen molar-refractivity contribution in [1.29, 1.82) is 0 Å². The Kier molecular flexibility index (Phi) is 6.90. The molecular weight excluding hydrogens is 356 g/mol. The molecule has 0 radical (unpaired) electrons. The maximum atomic E-state index is 12.5. The predicted octanol–water partition coefficient (Wildman–Crippen LogP) is 1.15. The number of carbonyl (C=O) groups is 2. The first kappa shape index (κ1) is 19.2. The Morgan fingerprint density at radius 3 is 2.62 bits per heavy atom. The Morgan fingerprint density at radius 1 is 1.23 bits per heavy atom.